The molecule has 2 aromatic carbocycles. The Hall–Kier alpha value is -1.75. The van der Waals surface area contributed by atoms with Gasteiger partial charge in [0.2, 0.25) is 0 Å². The molecule has 0 aliphatic carbocycles. The van der Waals surface area contributed by atoms with Gasteiger partial charge in [-0.2, -0.15) is 0 Å². The molecule has 0 aliphatic heterocycles. The second-order valence-electron chi connectivity index (χ2n) is 4.41. The fourth-order valence-electron chi connectivity index (χ4n) is 2.06. The van der Waals surface area contributed by atoms with Gasteiger partial charge in [0.1, 0.15) is 0 Å². The number of nitro benzene ring substituents is 1. The number of benzene rings is 2. The van der Waals surface area contributed by atoms with Crippen LogP contribution in [0.15, 0.2) is 42.5 Å². The third kappa shape index (κ3) is 2.12. The minimum absolute atomic E-state index is 0.0354. The van der Waals surface area contributed by atoms with Crippen LogP contribution in [0, 0.1) is 21.7 Å². The number of non-ortho nitro benzene ring substituents is 1. The average molecular weight is 349 g/mol. The molecule has 6 heteroatoms. The number of aryl methyl sites for hydroxylation is 1. The van der Waals surface area contributed by atoms with E-state index in [0.717, 1.165) is 21.3 Å². The van der Waals surface area contributed by atoms with Crippen LogP contribution >= 0.6 is 12.2 Å². The number of hydrogen-bond acceptors (Lipinski definition) is 3. The molecule has 0 aliphatic rings. The van der Waals surface area contributed by atoms with Crippen molar-refractivity contribution < 1.29 is 4.92 Å². The summed E-state index contributed by atoms with van der Waals surface area (Å²) in [6.07, 6.45) is 0. The molecule has 100 valence electrons. The van der Waals surface area contributed by atoms with Crippen molar-refractivity contribution >= 4 is 42.3 Å². The molecule has 20 heavy (non-hydrogen) atoms. The first-order valence-corrected chi connectivity index (χ1v) is 7.97. The Labute approximate surface area is 126 Å². The van der Waals surface area contributed by atoms with Crippen LogP contribution < -0.4 is 0 Å². The molecule has 3 aromatic rings. The minimum atomic E-state index is -0.373. The van der Waals surface area contributed by atoms with E-state index in [1.54, 1.807) is 12.1 Å². The summed E-state index contributed by atoms with van der Waals surface area (Å²) >= 11 is 5.55. The summed E-state index contributed by atoms with van der Waals surface area (Å²) in [4.78, 5) is 10.6. The number of rotatable bonds is 2. The van der Waals surface area contributed by atoms with Crippen LogP contribution in [0.4, 0.5) is 5.69 Å². The van der Waals surface area contributed by atoms with Gasteiger partial charge >= 0.3 is 126 Å². The Morgan fingerprint density at radius 1 is 1.25 bits per heavy atom. The quantitative estimate of drug-likeness (QED) is 0.307. The van der Waals surface area contributed by atoms with E-state index in [0.29, 0.717) is 0 Å². The molecule has 0 atom stereocenters. The molecule has 0 radical (unpaired) electrons. The molecular weight excluding hydrogens is 339 g/mol. The fraction of sp³-hybridized carbons (Fsp3) is 0.0714. The van der Waals surface area contributed by atoms with Crippen LogP contribution in [0.3, 0.4) is 0 Å². The van der Waals surface area contributed by atoms with Gasteiger partial charge in [0.15, 0.2) is 0 Å². The number of fused-ring (bicyclic) bond motifs is 1. The molecule has 0 amide bonds. The second-order valence-corrected chi connectivity index (χ2v) is 6.87. The molecule has 0 unspecified atom stereocenters. The number of nitro groups is 1. The third-order valence-corrected chi connectivity index (χ3v) is 6.12. The Bertz CT molecular complexity index is 882. The molecule has 4 nitrogen and oxygen atoms in total. The zero-order valence-electron chi connectivity index (χ0n) is 10.6. The van der Waals surface area contributed by atoms with E-state index in [-0.39, 0.29) is 25.3 Å². The van der Waals surface area contributed by atoms with Crippen molar-refractivity contribution in [1.29, 1.82) is 0 Å². The molecular formula is C14H10N2O2SSe. The van der Waals surface area contributed by atoms with Gasteiger partial charge in [-0.1, -0.05) is 0 Å². The van der Waals surface area contributed by atoms with E-state index < -0.39 is 0 Å². The summed E-state index contributed by atoms with van der Waals surface area (Å²) in [6, 6.07) is 12.9. The standard InChI is InChI=1S/C14H10N2O2SSe/c1-9-6-7-10(16(17)18)8-12(9)15-14(19)11-4-2-3-5-13(11)20-15/h2-8H,1H3. The number of hydrogen-bond donors (Lipinski definition) is 0. The van der Waals surface area contributed by atoms with Crippen molar-refractivity contribution in [1.82, 2.24) is 3.56 Å². The van der Waals surface area contributed by atoms with E-state index >= 15 is 0 Å². The van der Waals surface area contributed by atoms with E-state index in [2.05, 4.69) is 6.07 Å². The van der Waals surface area contributed by atoms with Gasteiger partial charge in [-0.25, -0.2) is 0 Å². The predicted molar refractivity (Wildman–Crippen MR) is 82.4 cm³/mol. The van der Waals surface area contributed by atoms with E-state index in [1.165, 1.54) is 10.3 Å². The van der Waals surface area contributed by atoms with Gasteiger partial charge in [-0.05, 0) is 0 Å². The van der Waals surface area contributed by atoms with Gasteiger partial charge in [0.05, 0.1) is 0 Å². The molecule has 3 rings (SSSR count). The summed E-state index contributed by atoms with van der Waals surface area (Å²) in [5.74, 6) is 0. The number of nitrogens with zero attached hydrogens (tertiary/aromatic N) is 2. The molecule has 0 bridgehead atoms. The Balaban J connectivity index is 2.30. The van der Waals surface area contributed by atoms with Crippen molar-refractivity contribution in [2.24, 2.45) is 0 Å². The van der Waals surface area contributed by atoms with E-state index in [1.807, 2.05) is 28.7 Å². The van der Waals surface area contributed by atoms with E-state index in [4.69, 9.17) is 12.2 Å². The maximum absolute atomic E-state index is 10.9. The van der Waals surface area contributed by atoms with Crippen LogP contribution in [0.1, 0.15) is 5.56 Å². The number of aromatic nitrogens is 1. The summed E-state index contributed by atoms with van der Waals surface area (Å²) in [5.41, 5.74) is 1.92. The van der Waals surface area contributed by atoms with Gasteiger partial charge in [0, 0.05) is 0 Å². The van der Waals surface area contributed by atoms with Crippen molar-refractivity contribution in [3.8, 4) is 5.69 Å². The van der Waals surface area contributed by atoms with Gasteiger partial charge in [-0.3, -0.25) is 0 Å². The predicted octanol–water partition coefficient (Wildman–Crippen LogP) is 3.63. The molecule has 0 N–H and O–H groups in total. The molecule has 0 saturated heterocycles. The topological polar surface area (TPSA) is 48.1 Å². The summed E-state index contributed by atoms with van der Waals surface area (Å²) in [7, 11) is 0. The van der Waals surface area contributed by atoms with Gasteiger partial charge in [0.25, 0.3) is 0 Å². The van der Waals surface area contributed by atoms with Crippen LogP contribution in [0.5, 0.6) is 0 Å². The Kier molecular flexibility index (Phi) is 3.30. The third-order valence-electron chi connectivity index (χ3n) is 3.11. The molecule has 1 heterocycles. The maximum atomic E-state index is 10.9. The monoisotopic (exact) mass is 350 g/mol. The van der Waals surface area contributed by atoms with Crippen LogP contribution in [0.25, 0.3) is 15.3 Å². The van der Waals surface area contributed by atoms with Gasteiger partial charge in [-0.15, -0.1) is 0 Å². The Morgan fingerprint density at radius 2 is 2.00 bits per heavy atom. The van der Waals surface area contributed by atoms with Crippen LogP contribution in [-0.4, -0.2) is 23.2 Å². The molecule has 1 aromatic heterocycles. The van der Waals surface area contributed by atoms with Crippen LogP contribution in [-0.2, 0) is 0 Å². The first kappa shape index (κ1) is 13.2. The summed E-state index contributed by atoms with van der Waals surface area (Å²) < 4.78 is 4.00. The van der Waals surface area contributed by atoms with Crippen molar-refractivity contribution in [3.63, 3.8) is 0 Å². The summed E-state index contributed by atoms with van der Waals surface area (Å²) in [6.45, 7) is 1.95. The summed E-state index contributed by atoms with van der Waals surface area (Å²) in [5, 5.41) is 12.0. The fourth-order valence-corrected chi connectivity index (χ4v) is 4.93. The first-order valence-electron chi connectivity index (χ1n) is 5.94. The normalized spacial score (nSPS) is 10.8. The van der Waals surface area contributed by atoms with Crippen molar-refractivity contribution in [2.75, 3.05) is 0 Å². The average Bonchev–Trinajstić information content (AvgIpc) is 2.77. The SMILES string of the molecule is Cc1ccc([N+](=O)[O-])cc1-n1[se]c2ccccc2c1=S. The first-order chi connectivity index (χ1) is 9.58. The Morgan fingerprint density at radius 3 is 2.70 bits per heavy atom. The zero-order chi connectivity index (χ0) is 14.3. The van der Waals surface area contributed by atoms with Crippen molar-refractivity contribution in [3.05, 3.63) is 62.8 Å². The van der Waals surface area contributed by atoms with Gasteiger partial charge < -0.3 is 0 Å². The van der Waals surface area contributed by atoms with E-state index in [9.17, 15) is 10.1 Å². The molecule has 0 fully saturated rings. The second kappa shape index (κ2) is 4.98. The zero-order valence-corrected chi connectivity index (χ0v) is 13.1. The van der Waals surface area contributed by atoms with Crippen molar-refractivity contribution in [2.45, 2.75) is 6.92 Å². The van der Waals surface area contributed by atoms with Crippen LogP contribution in [0.2, 0.25) is 0 Å². The molecule has 0 spiro atoms. The molecule has 0 saturated carbocycles.